The van der Waals surface area contributed by atoms with Crippen molar-refractivity contribution in [3.05, 3.63) is 58.3 Å². The first-order valence-electron chi connectivity index (χ1n) is 6.39. The maximum atomic E-state index is 13.6. The Morgan fingerprint density at radius 2 is 2.10 bits per heavy atom. The highest BCUT2D eigenvalue weighted by molar-refractivity contribution is 9.10. The zero-order chi connectivity index (χ0) is 15.0. The molecule has 1 aliphatic rings. The number of phenolic OH excluding ortho intramolecular Hbond substituents is 1. The summed E-state index contributed by atoms with van der Waals surface area (Å²) in [5.41, 5.74) is 7.57. The van der Waals surface area contributed by atoms with E-state index in [1.807, 2.05) is 29.2 Å². The van der Waals surface area contributed by atoms with Gasteiger partial charge < -0.3 is 15.7 Å². The van der Waals surface area contributed by atoms with Crippen molar-refractivity contribution in [2.45, 2.75) is 6.04 Å². The Hall–Kier alpha value is -2.08. The molecule has 6 heteroatoms. The van der Waals surface area contributed by atoms with E-state index in [1.165, 1.54) is 12.1 Å². The SMILES string of the molecule is NC1=NCC(c2ccc(O)c(F)c2)N1c1cccc(Br)c1. The van der Waals surface area contributed by atoms with E-state index in [2.05, 4.69) is 20.9 Å². The molecule has 3 rings (SSSR count). The molecule has 1 aliphatic heterocycles. The topological polar surface area (TPSA) is 61.9 Å². The van der Waals surface area contributed by atoms with E-state index >= 15 is 0 Å². The number of rotatable bonds is 2. The summed E-state index contributed by atoms with van der Waals surface area (Å²) in [5, 5.41) is 9.31. The van der Waals surface area contributed by atoms with Crippen molar-refractivity contribution in [3.8, 4) is 5.75 Å². The van der Waals surface area contributed by atoms with Crippen LogP contribution in [0, 0.1) is 5.82 Å². The zero-order valence-corrected chi connectivity index (χ0v) is 12.6. The number of nitrogens with two attached hydrogens (primary N) is 1. The maximum absolute atomic E-state index is 13.6. The van der Waals surface area contributed by atoms with E-state index in [0.29, 0.717) is 12.5 Å². The number of nitrogens with zero attached hydrogens (tertiary/aromatic N) is 2. The Kier molecular flexibility index (Phi) is 3.55. The van der Waals surface area contributed by atoms with Gasteiger partial charge in [0.25, 0.3) is 0 Å². The van der Waals surface area contributed by atoms with Gasteiger partial charge in [-0.25, -0.2) is 4.39 Å². The molecule has 21 heavy (non-hydrogen) atoms. The monoisotopic (exact) mass is 349 g/mol. The fourth-order valence-corrected chi connectivity index (χ4v) is 2.81. The molecular formula is C15H13BrFN3O. The lowest BCUT2D eigenvalue weighted by Gasteiger charge is -2.27. The van der Waals surface area contributed by atoms with Crippen molar-refractivity contribution in [2.75, 3.05) is 11.4 Å². The van der Waals surface area contributed by atoms with E-state index in [0.717, 1.165) is 15.7 Å². The first-order valence-corrected chi connectivity index (χ1v) is 7.18. The fourth-order valence-electron chi connectivity index (χ4n) is 2.42. The summed E-state index contributed by atoms with van der Waals surface area (Å²) in [4.78, 5) is 6.11. The molecule has 4 nitrogen and oxygen atoms in total. The number of aliphatic imine (C=N–C) groups is 1. The summed E-state index contributed by atoms with van der Waals surface area (Å²) >= 11 is 3.43. The number of phenols is 1. The van der Waals surface area contributed by atoms with Gasteiger partial charge in [0.1, 0.15) is 0 Å². The van der Waals surface area contributed by atoms with Gasteiger partial charge in [0.2, 0.25) is 0 Å². The highest BCUT2D eigenvalue weighted by Crippen LogP contribution is 2.33. The van der Waals surface area contributed by atoms with Crippen LogP contribution in [-0.2, 0) is 0 Å². The molecule has 1 atom stereocenters. The van der Waals surface area contributed by atoms with Crippen LogP contribution in [0.3, 0.4) is 0 Å². The van der Waals surface area contributed by atoms with Crippen molar-refractivity contribution in [3.63, 3.8) is 0 Å². The summed E-state index contributed by atoms with van der Waals surface area (Å²) in [6.45, 7) is 0.447. The number of anilines is 1. The van der Waals surface area contributed by atoms with Crippen LogP contribution in [0.5, 0.6) is 5.75 Å². The molecule has 3 N–H and O–H groups in total. The number of aromatic hydroxyl groups is 1. The number of guanidine groups is 1. The minimum Gasteiger partial charge on any atom is -0.505 e. The summed E-state index contributed by atoms with van der Waals surface area (Å²) in [6, 6.07) is 11.8. The van der Waals surface area contributed by atoms with Crippen molar-refractivity contribution < 1.29 is 9.50 Å². The minimum atomic E-state index is -0.646. The average Bonchev–Trinajstić information content (AvgIpc) is 2.84. The van der Waals surface area contributed by atoms with Gasteiger partial charge in [0, 0.05) is 10.2 Å². The normalized spacial score (nSPS) is 17.9. The highest BCUT2D eigenvalue weighted by Gasteiger charge is 2.29. The number of hydrogen-bond acceptors (Lipinski definition) is 4. The van der Waals surface area contributed by atoms with Crippen LogP contribution in [-0.4, -0.2) is 17.6 Å². The summed E-state index contributed by atoms with van der Waals surface area (Å²) < 4.78 is 14.5. The van der Waals surface area contributed by atoms with Crippen molar-refractivity contribution >= 4 is 27.6 Å². The molecule has 0 bridgehead atoms. The second-order valence-corrected chi connectivity index (χ2v) is 5.69. The lowest BCUT2D eigenvalue weighted by molar-refractivity contribution is 0.431. The van der Waals surface area contributed by atoms with Crippen molar-refractivity contribution in [2.24, 2.45) is 10.7 Å². The molecule has 0 spiro atoms. The van der Waals surface area contributed by atoms with E-state index in [1.54, 1.807) is 6.07 Å². The number of hydrogen-bond donors (Lipinski definition) is 2. The first-order chi connectivity index (χ1) is 10.1. The Labute approximate surface area is 129 Å². The van der Waals surface area contributed by atoms with Crippen LogP contribution >= 0.6 is 15.9 Å². The molecule has 0 saturated heterocycles. The fraction of sp³-hybridized carbons (Fsp3) is 0.133. The van der Waals surface area contributed by atoms with Gasteiger partial charge in [-0.15, -0.1) is 0 Å². The van der Waals surface area contributed by atoms with Gasteiger partial charge >= 0.3 is 0 Å². The zero-order valence-electron chi connectivity index (χ0n) is 11.0. The third-order valence-electron chi connectivity index (χ3n) is 3.43. The van der Waals surface area contributed by atoms with Crippen LogP contribution in [0.15, 0.2) is 51.9 Å². The molecule has 1 unspecified atom stereocenters. The second kappa shape index (κ2) is 5.37. The molecule has 0 aliphatic carbocycles. The molecule has 0 fully saturated rings. The predicted molar refractivity (Wildman–Crippen MR) is 83.9 cm³/mol. The lowest BCUT2D eigenvalue weighted by Crippen LogP contribution is -2.36. The van der Waals surface area contributed by atoms with Gasteiger partial charge in [-0.2, -0.15) is 0 Å². The molecule has 2 aromatic rings. The van der Waals surface area contributed by atoms with Crippen molar-refractivity contribution in [1.29, 1.82) is 0 Å². The Morgan fingerprint density at radius 1 is 1.29 bits per heavy atom. The van der Waals surface area contributed by atoms with Crippen LogP contribution < -0.4 is 10.6 Å². The Bertz CT molecular complexity index is 720. The average molecular weight is 350 g/mol. The summed E-state index contributed by atoms with van der Waals surface area (Å²) in [5.74, 6) is -0.613. The summed E-state index contributed by atoms with van der Waals surface area (Å²) in [6.07, 6.45) is 0. The van der Waals surface area contributed by atoms with Crippen LogP contribution in [0.25, 0.3) is 0 Å². The van der Waals surface area contributed by atoms with Crippen LogP contribution in [0.2, 0.25) is 0 Å². The van der Waals surface area contributed by atoms with Crippen LogP contribution in [0.4, 0.5) is 10.1 Å². The first kappa shape index (κ1) is 13.9. The number of benzene rings is 2. The van der Waals surface area contributed by atoms with Gasteiger partial charge in [-0.3, -0.25) is 4.99 Å². The van der Waals surface area contributed by atoms with Gasteiger partial charge in [-0.1, -0.05) is 28.1 Å². The Balaban J connectivity index is 2.00. The summed E-state index contributed by atoms with van der Waals surface area (Å²) in [7, 11) is 0. The Morgan fingerprint density at radius 3 is 2.81 bits per heavy atom. The molecular weight excluding hydrogens is 337 g/mol. The minimum absolute atomic E-state index is 0.186. The van der Waals surface area contributed by atoms with E-state index < -0.39 is 5.82 Å². The van der Waals surface area contributed by atoms with Crippen LogP contribution in [0.1, 0.15) is 11.6 Å². The quantitative estimate of drug-likeness (QED) is 0.875. The van der Waals surface area contributed by atoms with E-state index in [-0.39, 0.29) is 11.8 Å². The molecule has 0 saturated carbocycles. The smallest absolute Gasteiger partial charge is 0.196 e. The van der Waals surface area contributed by atoms with Gasteiger partial charge in [0.05, 0.1) is 12.6 Å². The molecule has 108 valence electrons. The third kappa shape index (κ3) is 2.58. The molecule has 2 aromatic carbocycles. The maximum Gasteiger partial charge on any atom is 0.196 e. The second-order valence-electron chi connectivity index (χ2n) is 4.78. The van der Waals surface area contributed by atoms with E-state index in [4.69, 9.17) is 5.73 Å². The number of halogens is 2. The molecule has 0 radical (unpaired) electrons. The third-order valence-corrected chi connectivity index (χ3v) is 3.92. The molecule has 0 aromatic heterocycles. The van der Waals surface area contributed by atoms with E-state index in [9.17, 15) is 9.50 Å². The highest BCUT2D eigenvalue weighted by atomic mass is 79.9. The molecule has 1 heterocycles. The standard InChI is InChI=1S/C15H13BrFN3O/c16-10-2-1-3-11(7-10)20-13(8-19-15(20)18)9-4-5-14(21)12(17)6-9/h1-7,13,21H,8H2,(H2,18,19). The lowest BCUT2D eigenvalue weighted by atomic mass is 10.1. The largest absolute Gasteiger partial charge is 0.505 e. The van der Waals surface area contributed by atoms with Gasteiger partial charge in [0.15, 0.2) is 17.5 Å². The predicted octanol–water partition coefficient (Wildman–Crippen LogP) is 3.17. The van der Waals surface area contributed by atoms with Crippen molar-refractivity contribution in [1.82, 2.24) is 0 Å². The van der Waals surface area contributed by atoms with Gasteiger partial charge in [-0.05, 0) is 35.9 Å². The molecule has 0 amide bonds.